The Kier molecular flexibility index (Phi) is 4.47. The van der Waals surface area contributed by atoms with Crippen LogP contribution in [0.1, 0.15) is 26.2 Å². The number of hydrogen-bond acceptors (Lipinski definition) is 5. The van der Waals surface area contributed by atoms with Crippen LogP contribution in [0, 0.1) is 5.41 Å². The molecule has 0 radical (unpaired) electrons. The highest BCUT2D eigenvalue weighted by atomic mass is 79.9. The number of rotatable bonds is 5. The first kappa shape index (κ1) is 15.0. The molecular formula is C13H18BrN3O3. The molecule has 0 aliphatic heterocycles. The molecule has 0 unspecified atom stereocenters. The number of ether oxygens (including phenoxy) is 1. The van der Waals surface area contributed by atoms with E-state index in [9.17, 15) is 9.59 Å². The Morgan fingerprint density at radius 3 is 2.85 bits per heavy atom. The van der Waals surface area contributed by atoms with Gasteiger partial charge in [0.2, 0.25) is 0 Å². The van der Waals surface area contributed by atoms with Gasteiger partial charge in [0.05, 0.1) is 19.0 Å². The Balaban J connectivity index is 2.10. The van der Waals surface area contributed by atoms with Crippen molar-refractivity contribution in [3.05, 3.63) is 21.0 Å². The van der Waals surface area contributed by atoms with E-state index in [0.717, 1.165) is 11.2 Å². The summed E-state index contributed by atoms with van der Waals surface area (Å²) in [5.41, 5.74) is 0.615. The SMILES string of the molecule is COC(=O)Cn1ncc(NCC2(C)CCC2)c(Br)c1=O. The molecule has 2 rings (SSSR count). The van der Waals surface area contributed by atoms with E-state index in [1.807, 2.05) is 0 Å². The summed E-state index contributed by atoms with van der Waals surface area (Å²) in [6.45, 7) is 2.85. The Morgan fingerprint density at radius 2 is 2.30 bits per heavy atom. The summed E-state index contributed by atoms with van der Waals surface area (Å²) < 4.78 is 5.99. The molecule has 1 aromatic rings. The van der Waals surface area contributed by atoms with Gasteiger partial charge in [-0.2, -0.15) is 5.10 Å². The molecule has 1 aromatic heterocycles. The number of carbonyl (C=O) groups excluding carboxylic acids is 1. The monoisotopic (exact) mass is 343 g/mol. The second kappa shape index (κ2) is 5.95. The smallest absolute Gasteiger partial charge is 0.327 e. The normalized spacial score (nSPS) is 16.4. The third kappa shape index (κ3) is 3.20. The van der Waals surface area contributed by atoms with Crippen LogP contribution in [-0.2, 0) is 16.1 Å². The highest BCUT2D eigenvalue weighted by Crippen LogP contribution is 2.40. The van der Waals surface area contributed by atoms with Crippen LogP contribution in [0.2, 0.25) is 0 Å². The second-order valence-corrected chi connectivity index (χ2v) is 6.22. The number of anilines is 1. The molecular weight excluding hydrogens is 326 g/mol. The number of halogens is 1. The average Bonchev–Trinajstić information content (AvgIpc) is 2.40. The van der Waals surface area contributed by atoms with Crippen LogP contribution in [0.25, 0.3) is 0 Å². The van der Waals surface area contributed by atoms with Gasteiger partial charge in [-0.3, -0.25) is 9.59 Å². The molecule has 0 atom stereocenters. The lowest BCUT2D eigenvalue weighted by atomic mass is 9.70. The van der Waals surface area contributed by atoms with Crippen LogP contribution in [-0.4, -0.2) is 29.4 Å². The zero-order valence-corrected chi connectivity index (χ0v) is 13.2. The number of esters is 1. The summed E-state index contributed by atoms with van der Waals surface area (Å²) in [4.78, 5) is 23.2. The van der Waals surface area contributed by atoms with E-state index in [1.165, 1.54) is 26.4 Å². The average molecular weight is 344 g/mol. The fourth-order valence-corrected chi connectivity index (χ4v) is 2.60. The van der Waals surface area contributed by atoms with E-state index < -0.39 is 5.97 Å². The maximum Gasteiger partial charge on any atom is 0.327 e. The van der Waals surface area contributed by atoms with Crippen LogP contribution in [0.5, 0.6) is 0 Å². The van der Waals surface area contributed by atoms with E-state index in [2.05, 4.69) is 38.0 Å². The van der Waals surface area contributed by atoms with Gasteiger partial charge in [0.25, 0.3) is 5.56 Å². The number of carbonyl (C=O) groups is 1. The third-order valence-corrected chi connectivity index (χ3v) is 4.52. The summed E-state index contributed by atoms with van der Waals surface area (Å²) in [5.74, 6) is -0.505. The summed E-state index contributed by atoms with van der Waals surface area (Å²) in [6, 6.07) is 0. The minimum atomic E-state index is -0.505. The van der Waals surface area contributed by atoms with Crippen LogP contribution >= 0.6 is 15.9 Å². The Morgan fingerprint density at radius 1 is 1.60 bits per heavy atom. The van der Waals surface area contributed by atoms with E-state index in [-0.39, 0.29) is 12.1 Å². The van der Waals surface area contributed by atoms with Gasteiger partial charge in [-0.15, -0.1) is 0 Å². The minimum absolute atomic E-state index is 0.189. The molecule has 1 saturated carbocycles. The third-order valence-electron chi connectivity index (χ3n) is 3.76. The maximum atomic E-state index is 12.1. The fourth-order valence-electron chi connectivity index (χ4n) is 2.15. The van der Waals surface area contributed by atoms with Crippen molar-refractivity contribution >= 4 is 27.6 Å². The van der Waals surface area contributed by atoms with Gasteiger partial charge in [-0.1, -0.05) is 13.3 Å². The van der Waals surface area contributed by atoms with Gasteiger partial charge in [-0.25, -0.2) is 4.68 Å². The Labute approximate surface area is 125 Å². The molecule has 6 nitrogen and oxygen atoms in total. The quantitative estimate of drug-likeness (QED) is 0.825. The van der Waals surface area contributed by atoms with Crippen LogP contribution in [0.4, 0.5) is 5.69 Å². The molecule has 7 heteroatoms. The zero-order valence-electron chi connectivity index (χ0n) is 11.6. The predicted octanol–water partition coefficient (Wildman–Crippen LogP) is 1.78. The largest absolute Gasteiger partial charge is 0.468 e. The summed E-state index contributed by atoms with van der Waals surface area (Å²) in [5, 5.41) is 7.23. The predicted molar refractivity (Wildman–Crippen MR) is 78.7 cm³/mol. The number of nitrogens with one attached hydrogen (secondary N) is 1. The molecule has 1 N–H and O–H groups in total. The highest BCUT2D eigenvalue weighted by Gasteiger charge is 2.31. The Hall–Kier alpha value is -1.37. The van der Waals surface area contributed by atoms with Crippen molar-refractivity contribution in [2.75, 3.05) is 19.0 Å². The first-order valence-corrected chi connectivity index (χ1v) is 7.31. The van der Waals surface area contributed by atoms with Gasteiger partial charge in [-0.05, 0) is 34.2 Å². The highest BCUT2D eigenvalue weighted by molar-refractivity contribution is 9.10. The molecule has 110 valence electrons. The number of hydrogen-bond donors (Lipinski definition) is 1. The summed E-state index contributed by atoms with van der Waals surface area (Å²) >= 11 is 3.26. The standard InChI is InChI=1S/C13H18BrN3O3/c1-13(4-3-5-13)8-15-9-6-16-17(7-10(18)20-2)12(19)11(9)14/h6,15H,3-5,7-8H2,1-2H3. The number of aromatic nitrogens is 2. The molecule has 1 heterocycles. The van der Waals surface area contributed by atoms with Gasteiger partial charge in [0.1, 0.15) is 11.0 Å². The fraction of sp³-hybridized carbons (Fsp3) is 0.615. The molecule has 0 spiro atoms. The maximum absolute atomic E-state index is 12.1. The van der Waals surface area contributed by atoms with Crippen molar-refractivity contribution in [2.24, 2.45) is 5.41 Å². The van der Waals surface area contributed by atoms with E-state index in [0.29, 0.717) is 15.6 Å². The van der Waals surface area contributed by atoms with E-state index in [1.54, 1.807) is 6.20 Å². The van der Waals surface area contributed by atoms with Gasteiger partial charge >= 0.3 is 5.97 Å². The first-order valence-electron chi connectivity index (χ1n) is 6.51. The van der Waals surface area contributed by atoms with Gasteiger partial charge in [0.15, 0.2) is 0 Å². The van der Waals surface area contributed by atoms with Crippen LogP contribution in [0.15, 0.2) is 15.5 Å². The van der Waals surface area contributed by atoms with Gasteiger partial charge in [0, 0.05) is 6.54 Å². The lowest BCUT2D eigenvalue weighted by Gasteiger charge is -2.38. The first-order chi connectivity index (χ1) is 9.45. The van der Waals surface area contributed by atoms with Crippen LogP contribution < -0.4 is 10.9 Å². The topological polar surface area (TPSA) is 73.2 Å². The molecule has 1 fully saturated rings. The second-order valence-electron chi connectivity index (χ2n) is 5.43. The van der Waals surface area contributed by atoms with Crippen molar-refractivity contribution in [3.8, 4) is 0 Å². The van der Waals surface area contributed by atoms with Crippen LogP contribution in [0.3, 0.4) is 0 Å². The minimum Gasteiger partial charge on any atom is -0.468 e. The lowest BCUT2D eigenvalue weighted by Crippen LogP contribution is -2.34. The summed E-state index contributed by atoms with van der Waals surface area (Å²) in [6.07, 6.45) is 5.21. The molecule has 20 heavy (non-hydrogen) atoms. The van der Waals surface area contributed by atoms with Crippen molar-refractivity contribution in [3.63, 3.8) is 0 Å². The van der Waals surface area contributed by atoms with E-state index >= 15 is 0 Å². The van der Waals surface area contributed by atoms with Crippen molar-refractivity contribution in [1.29, 1.82) is 0 Å². The van der Waals surface area contributed by atoms with E-state index in [4.69, 9.17) is 0 Å². The lowest BCUT2D eigenvalue weighted by molar-refractivity contribution is -0.141. The summed E-state index contributed by atoms with van der Waals surface area (Å²) in [7, 11) is 1.28. The molecule has 0 saturated heterocycles. The molecule has 0 amide bonds. The molecule has 1 aliphatic rings. The van der Waals surface area contributed by atoms with Crippen molar-refractivity contribution in [1.82, 2.24) is 9.78 Å². The molecule has 1 aliphatic carbocycles. The van der Waals surface area contributed by atoms with Gasteiger partial charge < -0.3 is 10.1 Å². The molecule has 0 bridgehead atoms. The van der Waals surface area contributed by atoms with Crippen molar-refractivity contribution in [2.45, 2.75) is 32.7 Å². The number of nitrogens with zero attached hydrogens (tertiary/aromatic N) is 2. The van der Waals surface area contributed by atoms with Crippen molar-refractivity contribution < 1.29 is 9.53 Å². The number of methoxy groups -OCH3 is 1. The molecule has 0 aromatic carbocycles. The Bertz CT molecular complexity index is 566. The zero-order chi connectivity index (χ0) is 14.8.